The lowest BCUT2D eigenvalue weighted by Crippen LogP contribution is -2.58. The Balaban J connectivity index is 1.99. The van der Waals surface area contributed by atoms with Crippen molar-refractivity contribution in [1.82, 2.24) is 20.5 Å². The average Bonchev–Trinajstić information content (AvgIpc) is 2.69. The van der Waals surface area contributed by atoms with E-state index in [1.54, 1.807) is 0 Å². The molecule has 0 spiro atoms. The maximum atomic E-state index is 13.6. The Morgan fingerprint density at radius 3 is 2.55 bits per heavy atom. The predicted octanol–water partition coefficient (Wildman–Crippen LogP) is 4.17. The van der Waals surface area contributed by atoms with Gasteiger partial charge in [-0.2, -0.15) is 13.2 Å². The van der Waals surface area contributed by atoms with E-state index in [4.69, 9.17) is 23.2 Å². The minimum Gasteiger partial charge on any atom is -0.353 e. The molecule has 0 radical (unpaired) electrons. The summed E-state index contributed by atoms with van der Waals surface area (Å²) in [5.74, 6) is -1.05. The van der Waals surface area contributed by atoms with Crippen LogP contribution in [-0.2, 0) is 11.0 Å². The van der Waals surface area contributed by atoms with Crippen molar-refractivity contribution in [3.8, 4) is 0 Å². The van der Waals surface area contributed by atoms with E-state index in [-0.39, 0.29) is 35.1 Å². The highest BCUT2D eigenvalue weighted by Crippen LogP contribution is 2.35. The third kappa shape index (κ3) is 5.01. The van der Waals surface area contributed by atoms with Crippen LogP contribution in [0.5, 0.6) is 0 Å². The van der Waals surface area contributed by atoms with Crippen LogP contribution in [0, 0.1) is 5.82 Å². The monoisotopic (exact) mass is 478 g/mol. The first kappa shape index (κ1) is 23.1. The second-order valence-electron chi connectivity index (χ2n) is 6.81. The highest BCUT2D eigenvalue weighted by atomic mass is 35.5. The molecule has 2 aromatic rings. The van der Waals surface area contributed by atoms with Crippen molar-refractivity contribution in [2.75, 3.05) is 13.1 Å². The normalized spacial score (nSPS) is 17.8. The highest BCUT2D eigenvalue weighted by Gasteiger charge is 2.36. The van der Waals surface area contributed by atoms with E-state index in [2.05, 4.69) is 15.6 Å². The molecule has 3 rings (SSSR count). The number of piperazine rings is 1. The van der Waals surface area contributed by atoms with Crippen LogP contribution < -0.4 is 10.6 Å². The number of hydrogen-bond donors (Lipinski definition) is 2. The molecule has 2 atom stereocenters. The fraction of sp³-hybridized carbons (Fsp3) is 0.316. The summed E-state index contributed by atoms with van der Waals surface area (Å²) >= 11 is 11.6. The van der Waals surface area contributed by atoms with Crippen molar-refractivity contribution >= 4 is 35.1 Å². The quantitative estimate of drug-likeness (QED) is 0.650. The molecule has 1 aliphatic heterocycles. The Labute approximate surface area is 184 Å². The number of carbonyl (C=O) groups is 2. The lowest BCUT2D eigenvalue weighted by atomic mass is 9.99. The molecular weight excluding hydrogens is 463 g/mol. The number of aromatic nitrogens is 1. The second kappa shape index (κ2) is 8.88. The number of nitrogens with zero attached hydrogens (tertiary/aromatic N) is 2. The zero-order valence-corrected chi connectivity index (χ0v) is 17.4. The zero-order valence-electron chi connectivity index (χ0n) is 15.9. The molecule has 1 aromatic carbocycles. The number of amides is 3. The summed E-state index contributed by atoms with van der Waals surface area (Å²) in [5.41, 5.74) is -0.879. The Hall–Kier alpha value is -2.59. The van der Waals surface area contributed by atoms with Gasteiger partial charge in [0.05, 0.1) is 16.1 Å². The Morgan fingerprint density at radius 2 is 1.94 bits per heavy atom. The van der Waals surface area contributed by atoms with Gasteiger partial charge in [0.1, 0.15) is 11.9 Å². The van der Waals surface area contributed by atoms with Crippen LogP contribution in [0.2, 0.25) is 10.0 Å². The average molecular weight is 479 g/mol. The van der Waals surface area contributed by atoms with E-state index in [1.165, 1.54) is 24.0 Å². The van der Waals surface area contributed by atoms with E-state index in [0.29, 0.717) is 0 Å². The molecule has 0 bridgehead atoms. The van der Waals surface area contributed by atoms with Gasteiger partial charge in [0.2, 0.25) is 5.91 Å². The molecule has 12 heteroatoms. The van der Waals surface area contributed by atoms with Crippen LogP contribution >= 0.6 is 23.2 Å². The molecule has 6 nitrogen and oxygen atoms in total. The molecule has 1 aliphatic rings. The van der Waals surface area contributed by atoms with Gasteiger partial charge in [-0.25, -0.2) is 14.2 Å². The Kier molecular flexibility index (Phi) is 6.61. The fourth-order valence-electron chi connectivity index (χ4n) is 3.14. The first-order valence-electron chi connectivity index (χ1n) is 9.01. The summed E-state index contributed by atoms with van der Waals surface area (Å²) in [7, 11) is 0. The minimum atomic E-state index is -4.76. The van der Waals surface area contributed by atoms with Crippen LogP contribution in [0.3, 0.4) is 0 Å². The molecule has 1 unspecified atom stereocenters. The minimum absolute atomic E-state index is 0.114. The van der Waals surface area contributed by atoms with Gasteiger partial charge in [0.25, 0.3) is 0 Å². The SMILES string of the molecule is C[C@@H]1C(=O)NCCN1C(=O)NC(c1ccc(F)c(Cl)c1)c1cnc(C(F)(F)F)c(Cl)c1. The number of hydrogen-bond acceptors (Lipinski definition) is 3. The largest absolute Gasteiger partial charge is 0.434 e. The van der Waals surface area contributed by atoms with Crippen molar-refractivity contribution in [2.24, 2.45) is 0 Å². The van der Waals surface area contributed by atoms with E-state index >= 15 is 0 Å². The third-order valence-corrected chi connectivity index (χ3v) is 5.35. The molecular formula is C19H16Cl2F4N4O2. The van der Waals surface area contributed by atoms with Crippen molar-refractivity contribution in [3.05, 3.63) is 63.1 Å². The first-order chi connectivity index (χ1) is 14.5. The summed E-state index contributed by atoms with van der Waals surface area (Å²) < 4.78 is 52.7. The summed E-state index contributed by atoms with van der Waals surface area (Å²) in [6.45, 7) is 2.01. The number of alkyl halides is 3. The highest BCUT2D eigenvalue weighted by molar-refractivity contribution is 6.31. The summed E-state index contributed by atoms with van der Waals surface area (Å²) in [5, 5.41) is 4.36. The van der Waals surface area contributed by atoms with Gasteiger partial charge in [0, 0.05) is 19.3 Å². The molecule has 1 fully saturated rings. The summed E-state index contributed by atoms with van der Waals surface area (Å²) in [4.78, 5) is 29.4. The van der Waals surface area contributed by atoms with Gasteiger partial charge < -0.3 is 15.5 Å². The maximum absolute atomic E-state index is 13.6. The molecule has 31 heavy (non-hydrogen) atoms. The molecule has 2 heterocycles. The van der Waals surface area contributed by atoms with Crippen molar-refractivity contribution in [1.29, 1.82) is 0 Å². The van der Waals surface area contributed by atoms with Crippen molar-refractivity contribution in [2.45, 2.75) is 25.2 Å². The second-order valence-corrected chi connectivity index (χ2v) is 7.63. The van der Waals surface area contributed by atoms with Gasteiger partial charge in [-0.05, 0) is 36.2 Å². The smallest absolute Gasteiger partial charge is 0.353 e. The molecule has 1 aromatic heterocycles. The van der Waals surface area contributed by atoms with Gasteiger partial charge in [-0.1, -0.05) is 29.3 Å². The number of halogens is 6. The van der Waals surface area contributed by atoms with Crippen LogP contribution in [-0.4, -0.2) is 41.0 Å². The van der Waals surface area contributed by atoms with E-state index in [0.717, 1.165) is 18.3 Å². The number of benzene rings is 1. The third-order valence-electron chi connectivity index (χ3n) is 4.77. The molecule has 0 saturated carbocycles. The van der Waals surface area contributed by atoms with E-state index in [1.807, 2.05) is 0 Å². The van der Waals surface area contributed by atoms with E-state index < -0.39 is 40.8 Å². The lowest BCUT2D eigenvalue weighted by molar-refractivity contribution is -0.141. The van der Waals surface area contributed by atoms with Gasteiger partial charge in [-0.3, -0.25) is 4.79 Å². The summed E-state index contributed by atoms with van der Waals surface area (Å²) in [6.07, 6.45) is -3.84. The lowest BCUT2D eigenvalue weighted by Gasteiger charge is -2.34. The fourth-order valence-corrected chi connectivity index (χ4v) is 3.61. The van der Waals surface area contributed by atoms with E-state index in [9.17, 15) is 27.2 Å². The first-order valence-corrected chi connectivity index (χ1v) is 9.77. The van der Waals surface area contributed by atoms with Gasteiger partial charge in [-0.15, -0.1) is 0 Å². The van der Waals surface area contributed by atoms with Crippen LogP contribution in [0.4, 0.5) is 22.4 Å². The number of urea groups is 1. The molecule has 166 valence electrons. The van der Waals surface area contributed by atoms with Crippen LogP contribution in [0.1, 0.15) is 29.8 Å². The number of rotatable bonds is 3. The molecule has 0 aliphatic carbocycles. The van der Waals surface area contributed by atoms with Crippen molar-refractivity contribution in [3.63, 3.8) is 0 Å². The standard InChI is InChI=1S/C19H16Cl2F4N4O2/c1-9-17(30)26-4-5-29(9)18(31)28-15(10-2-3-14(22)12(20)6-10)11-7-13(21)16(27-8-11)19(23,24)25/h2-3,6-9,15H,4-5H2,1H3,(H,26,30)(H,28,31)/t9-,15?/m1/s1. The van der Waals surface area contributed by atoms with Crippen molar-refractivity contribution < 1.29 is 27.2 Å². The summed E-state index contributed by atoms with van der Waals surface area (Å²) in [6, 6.07) is 2.17. The maximum Gasteiger partial charge on any atom is 0.434 e. The van der Waals surface area contributed by atoms with Gasteiger partial charge in [0.15, 0.2) is 5.69 Å². The number of carbonyl (C=O) groups excluding carboxylic acids is 2. The van der Waals surface area contributed by atoms with Gasteiger partial charge >= 0.3 is 12.2 Å². The predicted molar refractivity (Wildman–Crippen MR) is 105 cm³/mol. The molecule has 1 saturated heterocycles. The van der Waals surface area contributed by atoms with Crippen LogP contribution in [0.15, 0.2) is 30.5 Å². The number of nitrogens with one attached hydrogen (secondary N) is 2. The Morgan fingerprint density at radius 1 is 1.26 bits per heavy atom. The topological polar surface area (TPSA) is 74.3 Å². The number of pyridine rings is 1. The molecule has 2 N–H and O–H groups in total. The Bertz CT molecular complexity index is 1020. The molecule has 3 amide bonds. The van der Waals surface area contributed by atoms with Crippen LogP contribution in [0.25, 0.3) is 0 Å². The zero-order chi connectivity index (χ0) is 22.9.